The van der Waals surface area contributed by atoms with Crippen molar-refractivity contribution in [2.75, 3.05) is 13.1 Å². The molecular formula is C12H21N3OS. The zero-order valence-electron chi connectivity index (χ0n) is 10.8. The average molecular weight is 255 g/mol. The SMILES string of the molecule is CC(C)SCc1noc(C2(C)CCNCC2)n1. The molecule has 0 bridgehead atoms. The van der Waals surface area contributed by atoms with Crippen LogP contribution in [0.4, 0.5) is 0 Å². The summed E-state index contributed by atoms with van der Waals surface area (Å²) in [7, 11) is 0. The third-order valence-electron chi connectivity index (χ3n) is 3.24. The lowest BCUT2D eigenvalue weighted by atomic mass is 9.81. The monoisotopic (exact) mass is 255 g/mol. The maximum Gasteiger partial charge on any atom is 0.232 e. The van der Waals surface area contributed by atoms with Crippen molar-refractivity contribution in [2.24, 2.45) is 0 Å². The highest BCUT2D eigenvalue weighted by atomic mass is 32.2. The first-order chi connectivity index (χ1) is 8.10. The maximum atomic E-state index is 5.44. The summed E-state index contributed by atoms with van der Waals surface area (Å²) in [6.45, 7) is 8.66. The third kappa shape index (κ3) is 3.22. The Morgan fingerprint density at radius 2 is 2.12 bits per heavy atom. The van der Waals surface area contributed by atoms with E-state index in [1.807, 2.05) is 11.8 Å². The molecule has 1 fully saturated rings. The number of nitrogens with one attached hydrogen (secondary N) is 1. The smallest absolute Gasteiger partial charge is 0.232 e. The molecule has 1 saturated heterocycles. The average Bonchev–Trinajstić information content (AvgIpc) is 2.76. The van der Waals surface area contributed by atoms with E-state index in [1.165, 1.54) is 0 Å². The summed E-state index contributed by atoms with van der Waals surface area (Å²) in [6, 6.07) is 0. The minimum Gasteiger partial charge on any atom is -0.339 e. The van der Waals surface area contributed by atoms with Gasteiger partial charge in [-0.3, -0.25) is 0 Å². The van der Waals surface area contributed by atoms with E-state index in [1.54, 1.807) is 0 Å². The molecule has 5 heteroatoms. The summed E-state index contributed by atoms with van der Waals surface area (Å²) in [5.41, 5.74) is 0.0684. The van der Waals surface area contributed by atoms with E-state index in [-0.39, 0.29) is 5.41 Å². The molecule has 1 aliphatic rings. The number of nitrogens with zero attached hydrogens (tertiary/aromatic N) is 2. The normalized spacial score (nSPS) is 19.8. The van der Waals surface area contributed by atoms with Gasteiger partial charge in [0.1, 0.15) is 0 Å². The van der Waals surface area contributed by atoms with Gasteiger partial charge in [0.05, 0.1) is 5.75 Å². The Morgan fingerprint density at radius 1 is 1.41 bits per heavy atom. The highest BCUT2D eigenvalue weighted by molar-refractivity contribution is 7.99. The minimum atomic E-state index is 0.0684. The number of rotatable bonds is 4. The van der Waals surface area contributed by atoms with Gasteiger partial charge in [0.2, 0.25) is 5.89 Å². The number of piperidine rings is 1. The molecule has 0 aromatic carbocycles. The van der Waals surface area contributed by atoms with E-state index >= 15 is 0 Å². The van der Waals surface area contributed by atoms with Crippen LogP contribution in [0.3, 0.4) is 0 Å². The molecule has 96 valence electrons. The number of hydrogen-bond acceptors (Lipinski definition) is 5. The van der Waals surface area contributed by atoms with Crippen LogP contribution >= 0.6 is 11.8 Å². The highest BCUT2D eigenvalue weighted by Crippen LogP contribution is 2.31. The Kier molecular flexibility index (Phi) is 4.09. The van der Waals surface area contributed by atoms with E-state index in [0.29, 0.717) is 5.25 Å². The maximum absolute atomic E-state index is 5.44. The van der Waals surface area contributed by atoms with Crippen LogP contribution in [0, 0.1) is 0 Å². The second-order valence-electron chi connectivity index (χ2n) is 5.19. The molecule has 0 atom stereocenters. The van der Waals surface area contributed by atoms with E-state index < -0.39 is 0 Å². The van der Waals surface area contributed by atoms with Gasteiger partial charge in [-0.1, -0.05) is 25.9 Å². The Labute approximate surface area is 107 Å². The molecule has 2 rings (SSSR count). The lowest BCUT2D eigenvalue weighted by molar-refractivity contribution is 0.240. The lowest BCUT2D eigenvalue weighted by Gasteiger charge is -2.30. The molecule has 0 saturated carbocycles. The van der Waals surface area contributed by atoms with Gasteiger partial charge >= 0.3 is 0 Å². The molecule has 1 aliphatic heterocycles. The third-order valence-corrected chi connectivity index (χ3v) is 4.33. The molecule has 0 aliphatic carbocycles. The minimum absolute atomic E-state index is 0.0684. The molecule has 0 unspecified atom stereocenters. The van der Waals surface area contributed by atoms with Crippen LogP contribution < -0.4 is 5.32 Å². The molecule has 0 spiro atoms. The van der Waals surface area contributed by atoms with Crippen molar-refractivity contribution in [1.29, 1.82) is 0 Å². The summed E-state index contributed by atoms with van der Waals surface area (Å²) in [6.07, 6.45) is 2.15. The fraction of sp³-hybridized carbons (Fsp3) is 0.833. The first kappa shape index (κ1) is 12.9. The molecule has 2 heterocycles. The van der Waals surface area contributed by atoms with Crippen LogP contribution in [0.2, 0.25) is 0 Å². The standard InChI is InChI=1S/C12H21N3OS/c1-9(2)17-8-10-14-11(16-15-10)12(3)4-6-13-7-5-12/h9,13H,4-8H2,1-3H3. The lowest BCUT2D eigenvalue weighted by Crippen LogP contribution is -2.37. The summed E-state index contributed by atoms with van der Waals surface area (Å²) in [5.74, 6) is 2.49. The Balaban J connectivity index is 2.01. The predicted octanol–water partition coefficient (Wildman–Crippen LogP) is 2.35. The Bertz CT molecular complexity index is 358. The van der Waals surface area contributed by atoms with Crippen molar-refractivity contribution < 1.29 is 4.52 Å². The van der Waals surface area contributed by atoms with Crippen molar-refractivity contribution in [3.05, 3.63) is 11.7 Å². The largest absolute Gasteiger partial charge is 0.339 e. The number of aromatic nitrogens is 2. The zero-order chi connectivity index (χ0) is 12.3. The topological polar surface area (TPSA) is 51.0 Å². The van der Waals surface area contributed by atoms with E-state index in [4.69, 9.17) is 4.52 Å². The van der Waals surface area contributed by atoms with Crippen LogP contribution in [-0.4, -0.2) is 28.5 Å². The van der Waals surface area contributed by atoms with E-state index in [9.17, 15) is 0 Å². The van der Waals surface area contributed by atoms with Crippen LogP contribution in [-0.2, 0) is 11.2 Å². The molecular weight excluding hydrogens is 234 g/mol. The van der Waals surface area contributed by atoms with Gasteiger partial charge in [0, 0.05) is 5.41 Å². The van der Waals surface area contributed by atoms with Gasteiger partial charge in [-0.25, -0.2) is 0 Å². The summed E-state index contributed by atoms with van der Waals surface area (Å²) < 4.78 is 5.44. The Morgan fingerprint density at radius 3 is 2.76 bits per heavy atom. The van der Waals surface area contributed by atoms with E-state index in [0.717, 1.165) is 43.4 Å². The summed E-state index contributed by atoms with van der Waals surface area (Å²) >= 11 is 1.85. The highest BCUT2D eigenvalue weighted by Gasteiger charge is 2.34. The van der Waals surface area contributed by atoms with Crippen molar-refractivity contribution in [1.82, 2.24) is 15.5 Å². The first-order valence-corrected chi connectivity index (χ1v) is 7.30. The van der Waals surface area contributed by atoms with Crippen LogP contribution in [0.5, 0.6) is 0 Å². The van der Waals surface area contributed by atoms with Gasteiger partial charge in [0.15, 0.2) is 5.82 Å². The van der Waals surface area contributed by atoms with Crippen LogP contribution in [0.25, 0.3) is 0 Å². The van der Waals surface area contributed by atoms with Crippen LogP contribution in [0.1, 0.15) is 45.3 Å². The Hall–Kier alpha value is -0.550. The molecule has 1 N–H and O–H groups in total. The predicted molar refractivity (Wildman–Crippen MR) is 70.2 cm³/mol. The second kappa shape index (κ2) is 5.40. The van der Waals surface area contributed by atoms with Gasteiger partial charge in [-0.05, 0) is 31.2 Å². The summed E-state index contributed by atoms with van der Waals surface area (Å²) in [5, 5.41) is 8.05. The van der Waals surface area contributed by atoms with Crippen LogP contribution in [0.15, 0.2) is 4.52 Å². The fourth-order valence-electron chi connectivity index (χ4n) is 1.99. The van der Waals surface area contributed by atoms with Crippen molar-refractivity contribution in [3.8, 4) is 0 Å². The quantitative estimate of drug-likeness (QED) is 0.895. The van der Waals surface area contributed by atoms with Gasteiger partial charge < -0.3 is 9.84 Å². The molecule has 1 aromatic rings. The number of hydrogen-bond donors (Lipinski definition) is 1. The second-order valence-corrected chi connectivity index (χ2v) is 6.75. The van der Waals surface area contributed by atoms with E-state index in [2.05, 4.69) is 36.2 Å². The first-order valence-electron chi connectivity index (χ1n) is 6.25. The number of thioether (sulfide) groups is 1. The molecule has 17 heavy (non-hydrogen) atoms. The van der Waals surface area contributed by atoms with Crippen molar-refractivity contribution in [3.63, 3.8) is 0 Å². The van der Waals surface area contributed by atoms with Gasteiger partial charge in [-0.15, -0.1) is 0 Å². The molecule has 1 aromatic heterocycles. The zero-order valence-corrected chi connectivity index (χ0v) is 11.6. The molecule has 0 radical (unpaired) electrons. The van der Waals surface area contributed by atoms with Gasteiger partial charge in [0.25, 0.3) is 0 Å². The summed E-state index contributed by atoms with van der Waals surface area (Å²) in [4.78, 5) is 4.55. The van der Waals surface area contributed by atoms with Crippen molar-refractivity contribution in [2.45, 2.75) is 50.0 Å². The molecule has 4 nitrogen and oxygen atoms in total. The molecule has 0 amide bonds. The fourth-order valence-corrected chi connectivity index (χ4v) is 2.59. The van der Waals surface area contributed by atoms with Crippen molar-refractivity contribution >= 4 is 11.8 Å². The van der Waals surface area contributed by atoms with Gasteiger partial charge in [-0.2, -0.15) is 16.7 Å².